The average molecular weight is 707 g/mol. The molecule has 0 nitrogen and oxygen atoms in total. The fraction of sp³-hybridized carbons (Fsp3) is 0.127. The van der Waals surface area contributed by atoms with Crippen LogP contribution >= 0.6 is 0 Å². The number of hydrogen-bond acceptors (Lipinski definition) is 0. The zero-order chi connectivity index (χ0) is 37.4. The van der Waals surface area contributed by atoms with Gasteiger partial charge in [-0.15, -0.1) is 0 Å². The van der Waals surface area contributed by atoms with Crippen LogP contribution in [0, 0.1) is 5.41 Å². The smallest absolute Gasteiger partial charge is 0.00622 e. The van der Waals surface area contributed by atoms with Gasteiger partial charge in [-0.2, -0.15) is 0 Å². The third-order valence-corrected chi connectivity index (χ3v) is 11.9. The van der Waals surface area contributed by atoms with Crippen LogP contribution in [-0.4, -0.2) is 0 Å². The highest BCUT2D eigenvalue weighted by Crippen LogP contribution is 2.49. The molecule has 0 aliphatic heterocycles. The van der Waals surface area contributed by atoms with Crippen molar-refractivity contribution in [3.8, 4) is 22.3 Å². The summed E-state index contributed by atoms with van der Waals surface area (Å²) in [5, 5.41) is 7.82. The maximum Gasteiger partial charge on any atom is 0.00622 e. The number of fused-ring (bicyclic) bond motifs is 4. The van der Waals surface area contributed by atoms with E-state index < -0.39 is 0 Å². The molecule has 0 saturated heterocycles. The third kappa shape index (κ3) is 6.43. The predicted molar refractivity (Wildman–Crippen MR) is 239 cm³/mol. The first-order valence-electron chi connectivity index (χ1n) is 19.7. The minimum Gasteiger partial charge on any atom is -0.0988 e. The van der Waals surface area contributed by atoms with Crippen molar-refractivity contribution in [2.75, 3.05) is 0 Å². The lowest BCUT2D eigenvalue weighted by molar-refractivity contribution is 0.422. The van der Waals surface area contributed by atoms with Crippen LogP contribution in [0.4, 0.5) is 0 Å². The molecule has 0 spiro atoms. The van der Waals surface area contributed by atoms with Gasteiger partial charge < -0.3 is 0 Å². The summed E-state index contributed by atoms with van der Waals surface area (Å²) in [5.41, 5.74) is 13.1. The van der Waals surface area contributed by atoms with Crippen LogP contribution < -0.4 is 0 Å². The van der Waals surface area contributed by atoms with E-state index in [2.05, 4.69) is 202 Å². The Morgan fingerprint density at radius 2 is 1.33 bits per heavy atom. The molecule has 0 heterocycles. The molecule has 0 N–H and O–H groups in total. The van der Waals surface area contributed by atoms with Crippen LogP contribution in [0.5, 0.6) is 0 Å². The minimum absolute atomic E-state index is 0.0672. The van der Waals surface area contributed by atoms with Gasteiger partial charge >= 0.3 is 0 Å². The summed E-state index contributed by atoms with van der Waals surface area (Å²) < 4.78 is 0. The molecule has 9 rings (SSSR count). The van der Waals surface area contributed by atoms with Crippen molar-refractivity contribution in [3.63, 3.8) is 0 Å². The fourth-order valence-electron chi connectivity index (χ4n) is 9.18. The van der Waals surface area contributed by atoms with Crippen LogP contribution in [0.25, 0.3) is 66.2 Å². The van der Waals surface area contributed by atoms with Gasteiger partial charge in [0.15, 0.2) is 0 Å². The Morgan fingerprint density at radius 1 is 0.691 bits per heavy atom. The molecule has 7 aromatic carbocycles. The highest BCUT2D eigenvalue weighted by Gasteiger charge is 2.32. The molecule has 0 heteroatoms. The standard InChI is InChI=1S/C55H46/c1-4-6-15-38(5-2)36-55(3)35-34-51-52(37-55)54(44-32-28-42(29-33-44)48-25-14-19-40-17-8-10-21-46(40)48)50-23-12-11-22-49(50)53(51)43-30-26-41(27-31-43)47-24-13-18-39-16-7-9-20-45(39)47/h4-26,28-35,41H,2,27,36-37H2,1,3H3/b6-4-,38-15+. The molecule has 2 aliphatic rings. The number of hydrogen-bond donors (Lipinski definition) is 0. The lowest BCUT2D eigenvalue weighted by Gasteiger charge is -2.34. The number of allylic oxidation sites excluding steroid dienone is 10. The van der Waals surface area contributed by atoms with E-state index in [1.165, 1.54) is 88.0 Å². The molecule has 0 bridgehead atoms. The van der Waals surface area contributed by atoms with E-state index in [0.717, 1.165) is 19.3 Å². The van der Waals surface area contributed by atoms with Crippen molar-refractivity contribution in [3.05, 3.63) is 216 Å². The summed E-state index contributed by atoms with van der Waals surface area (Å²) in [6.07, 6.45) is 23.5. The maximum absolute atomic E-state index is 4.19. The summed E-state index contributed by atoms with van der Waals surface area (Å²) in [6.45, 7) is 8.67. The normalized spacial score (nSPS) is 18.3. The average Bonchev–Trinajstić information content (AvgIpc) is 3.24. The van der Waals surface area contributed by atoms with Gasteiger partial charge in [0.05, 0.1) is 0 Å². The van der Waals surface area contributed by atoms with E-state index in [0.29, 0.717) is 5.92 Å². The van der Waals surface area contributed by atoms with Gasteiger partial charge in [0, 0.05) is 5.92 Å². The molecule has 0 aromatic heterocycles. The first kappa shape index (κ1) is 34.5. The second kappa shape index (κ2) is 14.5. The van der Waals surface area contributed by atoms with Gasteiger partial charge in [0.2, 0.25) is 0 Å². The van der Waals surface area contributed by atoms with Gasteiger partial charge in [-0.05, 0) is 120 Å². The molecule has 0 saturated carbocycles. The summed E-state index contributed by atoms with van der Waals surface area (Å²) in [5.74, 6) is 0.344. The van der Waals surface area contributed by atoms with Crippen LogP contribution in [-0.2, 0) is 6.42 Å². The van der Waals surface area contributed by atoms with E-state index in [4.69, 9.17) is 0 Å². The van der Waals surface area contributed by atoms with Gasteiger partial charge in [-0.25, -0.2) is 0 Å². The molecule has 2 aliphatic carbocycles. The molecule has 55 heavy (non-hydrogen) atoms. The van der Waals surface area contributed by atoms with Crippen LogP contribution in [0.2, 0.25) is 0 Å². The van der Waals surface area contributed by atoms with E-state index in [1.807, 2.05) is 6.08 Å². The Balaban J connectivity index is 1.19. The van der Waals surface area contributed by atoms with Crippen LogP contribution in [0.15, 0.2) is 194 Å². The van der Waals surface area contributed by atoms with Gasteiger partial charge in [-0.1, -0.05) is 202 Å². The SMILES string of the molecule is C=C/C(=C\C=C/C)CC1(C)C=Cc2c(c(-c3ccc(-c4cccc5ccccc45)cc3)c3ccccc3c2C2=CCC(c3cccc4ccccc34)C=C2)C1. The molecule has 266 valence electrons. The summed E-state index contributed by atoms with van der Waals surface area (Å²) >= 11 is 0. The number of benzene rings is 7. The summed E-state index contributed by atoms with van der Waals surface area (Å²) in [6, 6.07) is 49.2. The van der Waals surface area contributed by atoms with Crippen molar-refractivity contribution in [2.24, 2.45) is 5.41 Å². The highest BCUT2D eigenvalue weighted by molar-refractivity contribution is 6.09. The van der Waals surface area contributed by atoms with Crippen molar-refractivity contribution in [1.82, 2.24) is 0 Å². The van der Waals surface area contributed by atoms with Crippen LogP contribution in [0.3, 0.4) is 0 Å². The van der Waals surface area contributed by atoms with Gasteiger partial charge in [0.25, 0.3) is 0 Å². The van der Waals surface area contributed by atoms with Gasteiger partial charge in [-0.3, -0.25) is 0 Å². The second-order valence-corrected chi connectivity index (χ2v) is 15.5. The molecule has 2 unspecified atom stereocenters. The highest BCUT2D eigenvalue weighted by atomic mass is 14.4. The van der Waals surface area contributed by atoms with E-state index in [-0.39, 0.29) is 5.41 Å². The lowest BCUT2D eigenvalue weighted by atomic mass is 9.69. The summed E-state index contributed by atoms with van der Waals surface area (Å²) in [4.78, 5) is 0. The Labute approximate surface area is 325 Å². The first-order valence-corrected chi connectivity index (χ1v) is 19.7. The van der Waals surface area contributed by atoms with Crippen molar-refractivity contribution < 1.29 is 0 Å². The van der Waals surface area contributed by atoms with Crippen molar-refractivity contribution in [2.45, 2.75) is 39.0 Å². The first-order chi connectivity index (χ1) is 27.0. The monoisotopic (exact) mass is 706 g/mol. The fourth-order valence-corrected chi connectivity index (χ4v) is 9.18. The van der Waals surface area contributed by atoms with Crippen molar-refractivity contribution in [1.29, 1.82) is 0 Å². The molecular formula is C55H46. The number of rotatable bonds is 8. The summed E-state index contributed by atoms with van der Waals surface area (Å²) in [7, 11) is 0. The van der Waals surface area contributed by atoms with E-state index in [9.17, 15) is 0 Å². The molecule has 7 aromatic rings. The minimum atomic E-state index is -0.0672. The molecule has 0 fully saturated rings. The Kier molecular flexibility index (Phi) is 9.12. The molecule has 0 radical (unpaired) electrons. The molecule has 2 atom stereocenters. The second-order valence-electron chi connectivity index (χ2n) is 15.5. The lowest BCUT2D eigenvalue weighted by Crippen LogP contribution is -2.22. The third-order valence-electron chi connectivity index (χ3n) is 11.9. The topological polar surface area (TPSA) is 0 Å². The Morgan fingerprint density at radius 3 is 2.04 bits per heavy atom. The quantitative estimate of drug-likeness (QED) is 0.138. The maximum atomic E-state index is 4.19. The molecular weight excluding hydrogens is 661 g/mol. The largest absolute Gasteiger partial charge is 0.0988 e. The Hall–Kier alpha value is -6.24. The van der Waals surface area contributed by atoms with Crippen molar-refractivity contribution >= 4 is 44.0 Å². The van der Waals surface area contributed by atoms with E-state index in [1.54, 1.807) is 0 Å². The van der Waals surface area contributed by atoms with Gasteiger partial charge in [0.1, 0.15) is 0 Å². The zero-order valence-electron chi connectivity index (χ0n) is 31.8. The van der Waals surface area contributed by atoms with Crippen LogP contribution in [0.1, 0.15) is 54.9 Å². The van der Waals surface area contributed by atoms with E-state index >= 15 is 0 Å². The zero-order valence-corrected chi connectivity index (χ0v) is 31.8. The predicted octanol–water partition coefficient (Wildman–Crippen LogP) is 15.3. The Bertz CT molecular complexity index is 2750. The molecule has 0 amide bonds.